The van der Waals surface area contributed by atoms with Crippen molar-refractivity contribution in [2.75, 3.05) is 0 Å². The minimum atomic E-state index is -6.00. The zero-order valence-corrected chi connectivity index (χ0v) is 19.4. The predicted molar refractivity (Wildman–Crippen MR) is 116 cm³/mol. The molecular formula is C22H44BF4NO. The highest BCUT2D eigenvalue weighted by Crippen LogP contribution is 2.40. The van der Waals surface area contributed by atoms with E-state index < -0.39 is 7.25 Å². The molecule has 0 aliphatic carbocycles. The lowest BCUT2D eigenvalue weighted by Crippen LogP contribution is -2.78. The van der Waals surface area contributed by atoms with Gasteiger partial charge in [-0.2, -0.15) is 0 Å². The van der Waals surface area contributed by atoms with Crippen LogP contribution >= 0.6 is 0 Å². The van der Waals surface area contributed by atoms with Crippen LogP contribution in [0.3, 0.4) is 0 Å². The number of carbonyl (C=O) groups is 1. The molecule has 7 heteroatoms. The lowest BCUT2D eigenvalue weighted by molar-refractivity contribution is -0.490. The Morgan fingerprint density at radius 1 is 0.862 bits per heavy atom. The highest BCUT2D eigenvalue weighted by atomic mass is 19.5. The van der Waals surface area contributed by atoms with E-state index in [1.807, 2.05) is 6.92 Å². The maximum atomic E-state index is 12.8. The molecule has 0 aromatic heterocycles. The topological polar surface area (TPSA) is 44.7 Å². The van der Waals surface area contributed by atoms with Crippen LogP contribution in [0.4, 0.5) is 17.3 Å². The molecule has 0 fully saturated rings. The Bertz CT molecular complexity index is 455. The van der Waals surface area contributed by atoms with Gasteiger partial charge in [0, 0.05) is 0 Å². The van der Waals surface area contributed by atoms with Gasteiger partial charge in [0.05, 0.1) is 5.41 Å². The third kappa shape index (κ3) is 14.7. The summed E-state index contributed by atoms with van der Waals surface area (Å²) in [7, 11) is -6.00. The summed E-state index contributed by atoms with van der Waals surface area (Å²) < 4.78 is 39.0. The highest BCUT2D eigenvalue weighted by molar-refractivity contribution is 6.50. The lowest BCUT2D eigenvalue weighted by atomic mass is 9.63. The van der Waals surface area contributed by atoms with Crippen LogP contribution < -0.4 is 5.73 Å². The van der Waals surface area contributed by atoms with Crippen molar-refractivity contribution in [1.29, 1.82) is 0 Å². The van der Waals surface area contributed by atoms with E-state index >= 15 is 0 Å². The van der Waals surface area contributed by atoms with Gasteiger partial charge in [0.1, 0.15) is 5.54 Å². The minimum absolute atomic E-state index is 0.223. The van der Waals surface area contributed by atoms with E-state index in [1.54, 1.807) is 0 Å². The van der Waals surface area contributed by atoms with Gasteiger partial charge in [-0.3, -0.25) is 4.79 Å². The van der Waals surface area contributed by atoms with Crippen LogP contribution in [-0.2, 0) is 4.79 Å². The second-order valence-electron chi connectivity index (χ2n) is 8.86. The lowest BCUT2D eigenvalue weighted by Gasteiger charge is -2.40. The van der Waals surface area contributed by atoms with Crippen molar-refractivity contribution in [3.8, 4) is 0 Å². The second-order valence-corrected chi connectivity index (χ2v) is 8.86. The summed E-state index contributed by atoms with van der Waals surface area (Å²) in [6, 6.07) is 0. The molecule has 29 heavy (non-hydrogen) atoms. The SMILES string of the molecule is C=C(C)C(=O)C(CC)(CCCCCCCCCCCC)C(C)(C)[NH3+].F[B-](F)(F)F. The molecular weight excluding hydrogens is 381 g/mol. The molecule has 0 heterocycles. The molecule has 0 bridgehead atoms. The zero-order valence-electron chi connectivity index (χ0n) is 19.4. The van der Waals surface area contributed by atoms with Crippen molar-refractivity contribution in [1.82, 2.24) is 0 Å². The van der Waals surface area contributed by atoms with Crippen LogP contribution in [0.25, 0.3) is 0 Å². The van der Waals surface area contributed by atoms with Gasteiger partial charge in [0.25, 0.3) is 0 Å². The highest BCUT2D eigenvalue weighted by Gasteiger charge is 2.49. The fraction of sp³-hybridized carbons (Fsp3) is 0.864. The van der Waals surface area contributed by atoms with E-state index in [4.69, 9.17) is 0 Å². The molecule has 1 atom stereocenters. The first kappa shape index (κ1) is 30.3. The number of hydrogen-bond donors (Lipinski definition) is 1. The molecule has 0 radical (unpaired) electrons. The average Bonchev–Trinajstić information content (AvgIpc) is 2.57. The van der Waals surface area contributed by atoms with E-state index in [-0.39, 0.29) is 16.7 Å². The number of ketones is 1. The number of carbonyl (C=O) groups excluding carboxylic acids is 1. The predicted octanol–water partition coefficient (Wildman–Crippen LogP) is 7.16. The van der Waals surface area contributed by atoms with Gasteiger partial charge >= 0.3 is 7.25 Å². The molecule has 0 spiro atoms. The summed E-state index contributed by atoms with van der Waals surface area (Å²) in [4.78, 5) is 12.8. The molecule has 0 aliphatic rings. The van der Waals surface area contributed by atoms with E-state index in [1.165, 1.54) is 57.8 Å². The molecule has 2 nitrogen and oxygen atoms in total. The molecule has 174 valence electrons. The van der Waals surface area contributed by atoms with Gasteiger partial charge in [-0.1, -0.05) is 84.6 Å². The summed E-state index contributed by atoms with van der Waals surface area (Å²) in [5.41, 5.74) is 4.40. The van der Waals surface area contributed by atoms with Gasteiger partial charge < -0.3 is 23.0 Å². The monoisotopic (exact) mass is 425 g/mol. The van der Waals surface area contributed by atoms with Crippen molar-refractivity contribution in [3.63, 3.8) is 0 Å². The standard InChI is InChI=1S/C22H43NO.BF4/c1-7-9-10-11-12-13-14-15-16-17-18-22(8-2,21(5,6)23)20(24)19(3)4;2-1(3,4)5/h3,7-18,23H2,1-2,4-6H3;/q;-1/p+1. The quantitative estimate of drug-likeness (QED) is 0.129. The molecule has 0 saturated carbocycles. The molecule has 1 unspecified atom stereocenters. The van der Waals surface area contributed by atoms with E-state index in [2.05, 4.69) is 40.0 Å². The number of allylic oxidation sites excluding steroid dienone is 1. The van der Waals surface area contributed by atoms with Crippen LogP contribution in [-0.4, -0.2) is 18.6 Å². The Morgan fingerprint density at radius 3 is 1.48 bits per heavy atom. The number of hydrogen-bond acceptors (Lipinski definition) is 1. The van der Waals surface area contributed by atoms with Crippen LogP contribution in [0.15, 0.2) is 12.2 Å². The molecule has 0 rings (SSSR count). The van der Waals surface area contributed by atoms with Crippen LogP contribution in [0.1, 0.15) is 112 Å². The molecule has 0 aromatic rings. The van der Waals surface area contributed by atoms with Crippen LogP contribution in [0, 0.1) is 5.41 Å². The van der Waals surface area contributed by atoms with Crippen LogP contribution in [0.5, 0.6) is 0 Å². The van der Waals surface area contributed by atoms with Gasteiger partial charge in [-0.05, 0) is 39.2 Å². The van der Waals surface area contributed by atoms with Crippen molar-refractivity contribution < 1.29 is 27.8 Å². The maximum Gasteiger partial charge on any atom is 0.673 e. The molecule has 3 N–H and O–H groups in total. The second kappa shape index (κ2) is 15.0. The van der Waals surface area contributed by atoms with Crippen molar-refractivity contribution in [2.24, 2.45) is 5.41 Å². The minimum Gasteiger partial charge on any atom is -0.418 e. The molecule has 0 aliphatic heterocycles. The van der Waals surface area contributed by atoms with Gasteiger partial charge in [-0.15, -0.1) is 0 Å². The van der Waals surface area contributed by atoms with E-state index in [0.29, 0.717) is 5.57 Å². The van der Waals surface area contributed by atoms with Crippen molar-refractivity contribution in [3.05, 3.63) is 12.2 Å². The third-order valence-corrected chi connectivity index (χ3v) is 5.68. The smallest absolute Gasteiger partial charge is 0.418 e. The summed E-state index contributed by atoms with van der Waals surface area (Å²) >= 11 is 0. The summed E-state index contributed by atoms with van der Waals surface area (Å²) in [5, 5.41) is 0. The fourth-order valence-corrected chi connectivity index (χ4v) is 3.90. The molecule has 0 aromatic carbocycles. The first-order valence-corrected chi connectivity index (χ1v) is 11.2. The Labute approximate surface area is 176 Å². The van der Waals surface area contributed by atoms with Gasteiger partial charge in [-0.25, -0.2) is 0 Å². The maximum absolute atomic E-state index is 12.8. The summed E-state index contributed by atoms with van der Waals surface area (Å²) in [6.45, 7) is 14.4. The number of halogens is 4. The van der Waals surface area contributed by atoms with E-state index in [0.717, 1.165) is 19.3 Å². The molecule has 0 amide bonds. The van der Waals surface area contributed by atoms with Crippen LogP contribution in [0.2, 0.25) is 0 Å². The van der Waals surface area contributed by atoms with E-state index in [9.17, 15) is 22.1 Å². The van der Waals surface area contributed by atoms with Gasteiger partial charge in [0.2, 0.25) is 0 Å². The largest absolute Gasteiger partial charge is 0.673 e. The summed E-state index contributed by atoms with van der Waals surface area (Å²) in [6.07, 6.45) is 15.1. The van der Waals surface area contributed by atoms with Crippen molar-refractivity contribution in [2.45, 2.75) is 117 Å². The van der Waals surface area contributed by atoms with Gasteiger partial charge in [0.15, 0.2) is 5.78 Å². The fourth-order valence-electron chi connectivity index (χ4n) is 3.90. The first-order chi connectivity index (χ1) is 13.2. The third-order valence-electron chi connectivity index (χ3n) is 5.68. The number of Topliss-reactive ketones (excluding diaryl/α,β-unsaturated/α-hetero) is 1. The Morgan fingerprint density at radius 2 is 1.21 bits per heavy atom. The normalized spacial score (nSPS) is 14.0. The molecule has 0 saturated heterocycles. The Balaban J connectivity index is 0. The number of unbranched alkanes of at least 4 members (excludes halogenated alkanes) is 9. The Hall–Kier alpha value is -0.845. The number of quaternary nitrogens is 1. The average molecular weight is 425 g/mol. The summed E-state index contributed by atoms with van der Waals surface area (Å²) in [5.74, 6) is 0.223. The first-order valence-electron chi connectivity index (χ1n) is 11.2. The van der Waals surface area contributed by atoms with Crippen molar-refractivity contribution >= 4 is 13.0 Å². The number of rotatable bonds is 15. The Kier molecular flexibility index (Phi) is 15.7. The zero-order chi connectivity index (χ0) is 23.1.